The smallest absolute Gasteiger partial charge is 0.328 e. The normalized spacial score (nSPS) is 14.2. The third kappa shape index (κ3) is 3.29. The van der Waals surface area contributed by atoms with E-state index in [0.717, 1.165) is 14.9 Å². The van der Waals surface area contributed by atoms with E-state index < -0.39 is 33.6 Å². The molecule has 1 aromatic carbocycles. The maximum absolute atomic E-state index is 12.4. The minimum absolute atomic E-state index is 0.261. The Morgan fingerprint density at radius 1 is 1.08 bits per heavy atom. The molecule has 0 fully saturated rings. The molecule has 8 nitrogen and oxygen atoms in total. The summed E-state index contributed by atoms with van der Waals surface area (Å²) < 4.78 is 25.7. The fourth-order valence-corrected chi connectivity index (χ4v) is 3.74. The molecule has 1 aliphatic rings. The Hall–Kier alpha value is -3.20. The summed E-state index contributed by atoms with van der Waals surface area (Å²) in [5, 5.41) is 8.59. The highest BCUT2D eigenvalue weighted by molar-refractivity contribution is 7.89. The van der Waals surface area contributed by atoms with Crippen molar-refractivity contribution in [3.8, 4) is 0 Å². The van der Waals surface area contributed by atoms with Gasteiger partial charge in [0.2, 0.25) is 10.0 Å². The molecule has 1 N–H and O–H groups in total. The molecule has 2 amide bonds. The largest absolute Gasteiger partial charge is 0.478 e. The molecular weight excluding hydrogens is 360 g/mol. The van der Waals surface area contributed by atoms with Crippen LogP contribution in [0, 0.1) is 0 Å². The van der Waals surface area contributed by atoms with E-state index in [1.165, 1.54) is 36.7 Å². The summed E-state index contributed by atoms with van der Waals surface area (Å²) in [6.07, 6.45) is 4.69. The summed E-state index contributed by atoms with van der Waals surface area (Å²) in [4.78, 5) is 35.9. The van der Waals surface area contributed by atoms with Crippen molar-refractivity contribution in [3.05, 3.63) is 65.5 Å². The van der Waals surface area contributed by atoms with Gasteiger partial charge in [-0.3, -0.25) is 18.5 Å². The van der Waals surface area contributed by atoms with Gasteiger partial charge in [0.25, 0.3) is 11.8 Å². The minimum Gasteiger partial charge on any atom is -0.478 e. The molecule has 1 aliphatic heterocycles. The summed E-state index contributed by atoms with van der Waals surface area (Å²) in [6, 6.07) is 7.76. The van der Waals surface area contributed by atoms with Crippen LogP contribution in [0.1, 0.15) is 26.3 Å². The summed E-state index contributed by atoms with van der Waals surface area (Å²) in [5.41, 5.74) is 0.922. The average Bonchev–Trinajstić information content (AvgIpc) is 3.17. The first-order chi connectivity index (χ1) is 12.3. The molecular formula is C17H14N2O6S. The lowest BCUT2D eigenvalue weighted by Crippen LogP contribution is -2.35. The highest BCUT2D eigenvalue weighted by atomic mass is 32.2. The number of imide groups is 1. The second-order valence-electron chi connectivity index (χ2n) is 5.57. The molecule has 0 bridgehead atoms. The van der Waals surface area contributed by atoms with Gasteiger partial charge in [0.05, 0.1) is 16.9 Å². The van der Waals surface area contributed by atoms with Crippen molar-refractivity contribution in [2.24, 2.45) is 0 Å². The number of carbonyl (C=O) groups is 3. The topological polar surface area (TPSA) is 114 Å². The van der Waals surface area contributed by atoms with Crippen molar-refractivity contribution in [3.63, 3.8) is 0 Å². The number of aliphatic carboxylic acids is 1. The first-order valence-electron chi connectivity index (χ1n) is 7.57. The Labute approximate surface area is 149 Å². The average molecular weight is 374 g/mol. The van der Waals surface area contributed by atoms with Gasteiger partial charge < -0.3 is 5.11 Å². The van der Waals surface area contributed by atoms with Crippen LogP contribution in [0.4, 0.5) is 0 Å². The van der Waals surface area contributed by atoms with Gasteiger partial charge in [0.15, 0.2) is 0 Å². The molecule has 1 aromatic heterocycles. The van der Waals surface area contributed by atoms with E-state index in [-0.39, 0.29) is 17.7 Å². The van der Waals surface area contributed by atoms with Crippen LogP contribution in [0.2, 0.25) is 0 Å². The summed E-state index contributed by atoms with van der Waals surface area (Å²) in [6.45, 7) is -0.271. The molecule has 0 radical (unpaired) electrons. The van der Waals surface area contributed by atoms with E-state index in [9.17, 15) is 22.8 Å². The van der Waals surface area contributed by atoms with Gasteiger partial charge in [-0.1, -0.05) is 12.1 Å². The van der Waals surface area contributed by atoms with E-state index in [1.807, 2.05) is 0 Å². The van der Waals surface area contributed by atoms with Crippen molar-refractivity contribution in [1.82, 2.24) is 8.87 Å². The number of aromatic nitrogens is 1. The molecule has 0 spiro atoms. The minimum atomic E-state index is -3.81. The summed E-state index contributed by atoms with van der Waals surface area (Å²) in [7, 11) is -3.81. The SMILES string of the molecule is O=C(O)/C=C/c1ccn(S(=O)(=O)CCN2C(=O)c3ccccc3C2=O)c1. The van der Waals surface area contributed by atoms with Crippen LogP contribution in [0.15, 0.2) is 48.8 Å². The predicted molar refractivity (Wildman–Crippen MR) is 92.1 cm³/mol. The number of hydrogen-bond donors (Lipinski definition) is 1. The number of rotatable bonds is 6. The van der Waals surface area contributed by atoms with Gasteiger partial charge in [-0.2, -0.15) is 0 Å². The molecule has 2 aromatic rings. The second-order valence-corrected chi connectivity index (χ2v) is 7.56. The molecule has 0 saturated heterocycles. The number of benzene rings is 1. The molecule has 26 heavy (non-hydrogen) atoms. The zero-order chi connectivity index (χ0) is 18.9. The van der Waals surface area contributed by atoms with Crippen molar-refractivity contribution in [2.45, 2.75) is 0 Å². The highest BCUT2D eigenvalue weighted by Gasteiger charge is 2.35. The third-order valence-corrected chi connectivity index (χ3v) is 5.45. The van der Waals surface area contributed by atoms with Crippen LogP contribution in [0.5, 0.6) is 0 Å². The molecule has 0 saturated carbocycles. The fraction of sp³-hybridized carbons (Fsp3) is 0.118. The van der Waals surface area contributed by atoms with Crippen LogP contribution in [0.3, 0.4) is 0 Å². The number of nitrogens with zero attached hydrogens (tertiary/aromatic N) is 2. The van der Waals surface area contributed by atoms with Gasteiger partial charge in [0.1, 0.15) is 0 Å². The van der Waals surface area contributed by atoms with Gasteiger partial charge >= 0.3 is 5.97 Å². The highest BCUT2D eigenvalue weighted by Crippen LogP contribution is 2.22. The first kappa shape index (κ1) is 17.6. The molecule has 0 atom stereocenters. The zero-order valence-electron chi connectivity index (χ0n) is 13.4. The Morgan fingerprint density at radius 3 is 2.27 bits per heavy atom. The maximum atomic E-state index is 12.4. The quantitative estimate of drug-likeness (QED) is 0.597. The number of carbonyl (C=O) groups excluding carboxylic acids is 2. The van der Waals surface area contributed by atoms with E-state index in [4.69, 9.17) is 5.11 Å². The Kier molecular flexibility index (Phi) is 4.47. The Bertz CT molecular complexity index is 1000. The number of fused-ring (bicyclic) bond motifs is 1. The van der Waals surface area contributed by atoms with Crippen LogP contribution in [-0.4, -0.2) is 52.5 Å². The molecule has 3 rings (SSSR count). The number of amides is 2. The summed E-state index contributed by atoms with van der Waals surface area (Å²) in [5.74, 6) is -2.63. The lowest BCUT2D eigenvalue weighted by Gasteiger charge is -2.14. The number of hydrogen-bond acceptors (Lipinski definition) is 5. The monoisotopic (exact) mass is 374 g/mol. The van der Waals surface area contributed by atoms with E-state index in [1.54, 1.807) is 12.1 Å². The van der Waals surface area contributed by atoms with E-state index in [2.05, 4.69) is 0 Å². The lowest BCUT2D eigenvalue weighted by molar-refractivity contribution is -0.131. The van der Waals surface area contributed by atoms with Crippen LogP contribution >= 0.6 is 0 Å². The van der Waals surface area contributed by atoms with Crippen molar-refractivity contribution in [2.75, 3.05) is 12.3 Å². The van der Waals surface area contributed by atoms with Crippen molar-refractivity contribution in [1.29, 1.82) is 0 Å². The standard InChI is InChI=1S/C17H14N2O6S/c20-15(21)6-5-12-7-8-18(11-12)26(24,25)10-9-19-16(22)13-3-1-2-4-14(13)17(19)23/h1-8,11H,9-10H2,(H,20,21)/b6-5+. The van der Waals surface area contributed by atoms with Crippen LogP contribution in [0.25, 0.3) is 6.08 Å². The van der Waals surface area contributed by atoms with Crippen molar-refractivity contribution >= 4 is 33.9 Å². The predicted octanol–water partition coefficient (Wildman–Crippen LogP) is 1.06. The zero-order valence-corrected chi connectivity index (χ0v) is 14.2. The summed E-state index contributed by atoms with van der Waals surface area (Å²) >= 11 is 0. The van der Waals surface area contributed by atoms with Gasteiger partial charge in [-0.15, -0.1) is 0 Å². The van der Waals surface area contributed by atoms with Gasteiger partial charge in [-0.05, 0) is 29.8 Å². The van der Waals surface area contributed by atoms with Crippen molar-refractivity contribution < 1.29 is 27.9 Å². The molecule has 9 heteroatoms. The molecule has 2 heterocycles. The number of carboxylic acids is 1. The second kappa shape index (κ2) is 6.60. The van der Waals surface area contributed by atoms with Crippen LogP contribution in [-0.2, 0) is 14.8 Å². The lowest BCUT2D eigenvalue weighted by atomic mass is 10.1. The molecule has 0 aliphatic carbocycles. The fourth-order valence-electron chi connectivity index (χ4n) is 2.59. The van der Waals surface area contributed by atoms with Gasteiger partial charge in [-0.25, -0.2) is 13.2 Å². The molecule has 134 valence electrons. The maximum Gasteiger partial charge on any atom is 0.328 e. The van der Waals surface area contributed by atoms with Crippen LogP contribution < -0.4 is 0 Å². The Morgan fingerprint density at radius 2 is 1.69 bits per heavy atom. The van der Waals surface area contributed by atoms with E-state index >= 15 is 0 Å². The van der Waals surface area contributed by atoms with Gasteiger partial charge in [0, 0.05) is 25.0 Å². The number of carboxylic acid groups (broad SMARTS) is 1. The first-order valence-corrected chi connectivity index (χ1v) is 9.18. The Balaban J connectivity index is 1.73. The third-order valence-electron chi connectivity index (χ3n) is 3.88. The molecule has 0 unspecified atom stereocenters. The van der Waals surface area contributed by atoms with E-state index in [0.29, 0.717) is 5.56 Å².